The van der Waals surface area contributed by atoms with E-state index in [1.54, 1.807) is 24.3 Å². The first-order valence-electron chi connectivity index (χ1n) is 5.87. The van der Waals surface area contributed by atoms with Crippen LogP contribution in [0.5, 0.6) is 0 Å². The summed E-state index contributed by atoms with van der Waals surface area (Å²) in [6, 6.07) is 6.36. The van der Waals surface area contributed by atoms with E-state index >= 15 is 0 Å². The van der Waals surface area contributed by atoms with Crippen LogP contribution in [0.15, 0.2) is 29.2 Å². The molecule has 8 heteroatoms. The topological polar surface area (TPSA) is 84.2 Å². The molecule has 1 unspecified atom stereocenters. The molecule has 1 heterocycles. The molecule has 1 fully saturated rings. The van der Waals surface area contributed by atoms with Crippen molar-refractivity contribution in [3.8, 4) is 0 Å². The third kappa shape index (κ3) is 4.28. The minimum atomic E-state index is -3.43. The van der Waals surface area contributed by atoms with Crippen molar-refractivity contribution >= 4 is 39.2 Å². The fraction of sp³-hybridized carbons (Fsp3) is 0.455. The molecule has 1 saturated heterocycles. The summed E-state index contributed by atoms with van der Waals surface area (Å²) in [5.74, 6) is 8.49. The van der Waals surface area contributed by atoms with Crippen LogP contribution < -0.4 is 16.0 Å². The van der Waals surface area contributed by atoms with E-state index in [1.807, 2.05) is 23.5 Å². The van der Waals surface area contributed by atoms with Gasteiger partial charge in [-0.1, -0.05) is 0 Å². The van der Waals surface area contributed by atoms with Crippen molar-refractivity contribution in [3.05, 3.63) is 24.3 Å². The second-order valence-electron chi connectivity index (χ2n) is 4.09. The maximum atomic E-state index is 12.1. The molecule has 106 valence electrons. The molecule has 0 spiro atoms. The summed E-state index contributed by atoms with van der Waals surface area (Å²) < 4.78 is 26.9. The van der Waals surface area contributed by atoms with Gasteiger partial charge in [-0.15, -0.1) is 0 Å². The number of nitrogens with one attached hydrogen (secondary N) is 2. The highest BCUT2D eigenvalue weighted by Gasteiger charge is 2.19. The molecular formula is C11H17N3O2S3. The zero-order chi connectivity index (χ0) is 13.7. The SMILES string of the molecule is NNc1ccc(S(=O)(=O)NCC2CSCCS2)cc1. The van der Waals surface area contributed by atoms with Crippen molar-refractivity contribution < 1.29 is 8.42 Å². The first-order chi connectivity index (χ1) is 9.12. The van der Waals surface area contributed by atoms with E-state index in [1.165, 1.54) is 0 Å². The standard InChI is InChI=1S/C11H17N3O2S3/c12-14-9-1-3-11(4-2-9)19(15,16)13-7-10-8-17-5-6-18-10/h1-4,10,13-14H,5-8,12H2. The van der Waals surface area contributed by atoms with E-state index in [0.717, 1.165) is 17.3 Å². The highest BCUT2D eigenvalue weighted by molar-refractivity contribution is 8.06. The van der Waals surface area contributed by atoms with E-state index in [4.69, 9.17) is 5.84 Å². The lowest BCUT2D eigenvalue weighted by molar-refractivity contribution is 0.581. The van der Waals surface area contributed by atoms with Crippen molar-refractivity contribution in [2.75, 3.05) is 29.2 Å². The molecule has 0 aliphatic carbocycles. The highest BCUT2D eigenvalue weighted by Crippen LogP contribution is 2.23. The average molecular weight is 319 g/mol. The van der Waals surface area contributed by atoms with Crippen LogP contribution in [-0.2, 0) is 10.0 Å². The minimum absolute atomic E-state index is 0.264. The van der Waals surface area contributed by atoms with Gasteiger partial charge in [0.1, 0.15) is 0 Å². The van der Waals surface area contributed by atoms with Crippen molar-refractivity contribution in [1.82, 2.24) is 4.72 Å². The molecule has 19 heavy (non-hydrogen) atoms. The van der Waals surface area contributed by atoms with Crippen LogP contribution in [0.3, 0.4) is 0 Å². The lowest BCUT2D eigenvalue weighted by Crippen LogP contribution is -2.33. The van der Waals surface area contributed by atoms with Crippen LogP contribution in [-0.4, -0.2) is 37.5 Å². The van der Waals surface area contributed by atoms with Gasteiger partial charge in [-0.25, -0.2) is 13.1 Å². The van der Waals surface area contributed by atoms with Gasteiger partial charge < -0.3 is 5.43 Å². The Morgan fingerprint density at radius 2 is 2.00 bits per heavy atom. The highest BCUT2D eigenvalue weighted by atomic mass is 32.2. The molecule has 5 nitrogen and oxygen atoms in total. The van der Waals surface area contributed by atoms with Gasteiger partial charge in [0.2, 0.25) is 10.0 Å². The summed E-state index contributed by atoms with van der Waals surface area (Å²) in [7, 11) is -3.43. The van der Waals surface area contributed by atoms with Gasteiger partial charge in [-0.05, 0) is 24.3 Å². The molecule has 2 rings (SSSR count). The predicted octanol–water partition coefficient (Wildman–Crippen LogP) is 1.10. The van der Waals surface area contributed by atoms with Crippen LogP contribution in [0.2, 0.25) is 0 Å². The second-order valence-corrected chi connectivity index (χ2v) is 8.41. The Kier molecular flexibility index (Phi) is 5.40. The third-order valence-corrected chi connectivity index (χ3v) is 7.00. The molecule has 1 atom stereocenters. The number of benzene rings is 1. The number of sulfonamides is 1. The summed E-state index contributed by atoms with van der Waals surface area (Å²) in [5.41, 5.74) is 3.15. The van der Waals surface area contributed by atoms with Gasteiger partial charge in [-0.3, -0.25) is 5.84 Å². The molecule has 1 aromatic rings. The van der Waals surface area contributed by atoms with Crippen LogP contribution in [0.4, 0.5) is 5.69 Å². The van der Waals surface area contributed by atoms with E-state index in [9.17, 15) is 8.42 Å². The number of nitrogen functional groups attached to an aromatic ring is 1. The molecule has 4 N–H and O–H groups in total. The number of nitrogens with two attached hydrogens (primary N) is 1. The molecule has 0 radical (unpaired) electrons. The predicted molar refractivity (Wildman–Crippen MR) is 83.0 cm³/mol. The first-order valence-corrected chi connectivity index (χ1v) is 9.56. The Bertz CT molecular complexity index is 498. The number of anilines is 1. The van der Waals surface area contributed by atoms with Gasteiger partial charge in [-0.2, -0.15) is 23.5 Å². The quantitative estimate of drug-likeness (QED) is 0.557. The number of hydrogen-bond acceptors (Lipinski definition) is 6. The van der Waals surface area contributed by atoms with Gasteiger partial charge in [0, 0.05) is 34.7 Å². The van der Waals surface area contributed by atoms with Crippen molar-refractivity contribution in [1.29, 1.82) is 0 Å². The van der Waals surface area contributed by atoms with Crippen LogP contribution in [0.1, 0.15) is 0 Å². The Balaban J connectivity index is 1.96. The number of rotatable bonds is 5. The second kappa shape index (κ2) is 6.85. The van der Waals surface area contributed by atoms with E-state index in [-0.39, 0.29) is 4.90 Å². The molecule has 1 aliphatic rings. The lowest BCUT2D eigenvalue weighted by atomic mass is 10.3. The van der Waals surface area contributed by atoms with E-state index in [2.05, 4.69) is 10.1 Å². The zero-order valence-electron chi connectivity index (χ0n) is 10.3. The fourth-order valence-corrected chi connectivity index (χ4v) is 5.47. The number of hydrogen-bond donors (Lipinski definition) is 3. The Hall–Kier alpha value is -0.410. The molecule has 0 bridgehead atoms. The van der Waals surface area contributed by atoms with Crippen molar-refractivity contribution in [2.45, 2.75) is 10.1 Å². The van der Waals surface area contributed by atoms with Crippen LogP contribution in [0.25, 0.3) is 0 Å². The largest absolute Gasteiger partial charge is 0.324 e. The maximum Gasteiger partial charge on any atom is 0.240 e. The molecule has 0 amide bonds. The monoisotopic (exact) mass is 319 g/mol. The maximum absolute atomic E-state index is 12.1. The number of thioether (sulfide) groups is 2. The normalized spacial score (nSPS) is 20.2. The summed E-state index contributed by atoms with van der Waals surface area (Å²) in [6.45, 7) is 0.483. The molecular weight excluding hydrogens is 302 g/mol. The fourth-order valence-electron chi connectivity index (χ4n) is 1.67. The average Bonchev–Trinajstić information content (AvgIpc) is 2.46. The Labute approximate surface area is 122 Å². The van der Waals surface area contributed by atoms with E-state index in [0.29, 0.717) is 17.5 Å². The molecule has 1 aliphatic heterocycles. The summed E-state index contributed by atoms with van der Waals surface area (Å²) >= 11 is 3.71. The summed E-state index contributed by atoms with van der Waals surface area (Å²) in [6.07, 6.45) is 0. The third-order valence-electron chi connectivity index (χ3n) is 2.72. The van der Waals surface area contributed by atoms with Crippen LogP contribution in [0, 0.1) is 0 Å². The smallest absolute Gasteiger partial charge is 0.240 e. The first kappa shape index (κ1) is 15.0. The minimum Gasteiger partial charge on any atom is -0.324 e. The zero-order valence-corrected chi connectivity index (χ0v) is 12.8. The molecule has 0 saturated carbocycles. The van der Waals surface area contributed by atoms with Crippen molar-refractivity contribution in [2.24, 2.45) is 5.84 Å². The summed E-state index contributed by atoms with van der Waals surface area (Å²) in [5, 5.41) is 0.360. The van der Waals surface area contributed by atoms with Gasteiger partial charge in [0.05, 0.1) is 4.90 Å². The van der Waals surface area contributed by atoms with Crippen LogP contribution >= 0.6 is 23.5 Å². The van der Waals surface area contributed by atoms with E-state index < -0.39 is 10.0 Å². The van der Waals surface area contributed by atoms with Gasteiger partial charge in [0.25, 0.3) is 0 Å². The molecule has 1 aromatic carbocycles. The lowest BCUT2D eigenvalue weighted by Gasteiger charge is -2.21. The number of hydrazine groups is 1. The Morgan fingerprint density at radius 1 is 1.26 bits per heavy atom. The van der Waals surface area contributed by atoms with Gasteiger partial charge in [0.15, 0.2) is 0 Å². The molecule has 0 aromatic heterocycles. The van der Waals surface area contributed by atoms with Crippen molar-refractivity contribution in [3.63, 3.8) is 0 Å². The summed E-state index contributed by atoms with van der Waals surface area (Å²) in [4.78, 5) is 0.264. The van der Waals surface area contributed by atoms with Gasteiger partial charge >= 0.3 is 0 Å². The Morgan fingerprint density at radius 3 is 2.58 bits per heavy atom.